The molecule has 0 radical (unpaired) electrons. The van der Waals surface area contributed by atoms with Crippen molar-refractivity contribution in [1.29, 1.82) is 0 Å². The summed E-state index contributed by atoms with van der Waals surface area (Å²) in [5.41, 5.74) is 1.18. The molecule has 28 heavy (non-hydrogen) atoms. The smallest absolute Gasteiger partial charge is 0.178 e. The molecule has 7 nitrogen and oxygen atoms in total. The Kier molecular flexibility index (Phi) is 4.79. The van der Waals surface area contributed by atoms with Crippen molar-refractivity contribution in [2.24, 2.45) is 5.92 Å². The number of phenolic OH excluding ortho intramolecular Hbond substituents is 1. The van der Waals surface area contributed by atoms with E-state index in [0.717, 1.165) is 17.5 Å². The Morgan fingerprint density at radius 1 is 1.07 bits per heavy atom. The molecular formula is C21H24O7. The van der Waals surface area contributed by atoms with E-state index in [1.807, 2.05) is 12.2 Å². The number of aliphatic hydroxyl groups is 4. The first-order valence-corrected chi connectivity index (χ1v) is 9.45. The highest BCUT2D eigenvalue weighted by Crippen LogP contribution is 2.49. The fourth-order valence-electron chi connectivity index (χ4n) is 4.59. The maximum atomic E-state index is 11.6. The van der Waals surface area contributed by atoms with Crippen LogP contribution < -0.4 is 4.74 Å². The Balaban J connectivity index is 1.71. The molecule has 0 bridgehead atoms. The summed E-state index contributed by atoms with van der Waals surface area (Å²) in [6.45, 7) is -0.347. The second kappa shape index (κ2) is 7.00. The number of carbonyl (C=O) groups is 1. The minimum absolute atomic E-state index is 0.0234. The van der Waals surface area contributed by atoms with Crippen LogP contribution >= 0.6 is 0 Å². The maximum absolute atomic E-state index is 11.6. The van der Waals surface area contributed by atoms with Gasteiger partial charge in [0.25, 0.3) is 0 Å². The Morgan fingerprint density at radius 3 is 2.46 bits per heavy atom. The number of allylic oxidation sites excluding steroid dienone is 4. The Bertz CT molecular complexity index is 825. The van der Waals surface area contributed by atoms with E-state index >= 15 is 0 Å². The Morgan fingerprint density at radius 2 is 1.79 bits per heavy atom. The van der Waals surface area contributed by atoms with Gasteiger partial charge in [-0.3, -0.25) is 4.79 Å². The summed E-state index contributed by atoms with van der Waals surface area (Å²) < 4.78 is 6.05. The van der Waals surface area contributed by atoms with Crippen molar-refractivity contribution in [1.82, 2.24) is 0 Å². The van der Waals surface area contributed by atoms with E-state index in [4.69, 9.17) is 4.74 Å². The molecular weight excluding hydrogens is 364 g/mol. The first-order chi connectivity index (χ1) is 13.3. The third kappa shape index (κ3) is 3.04. The minimum Gasteiger partial charge on any atom is -0.508 e. The molecule has 0 aromatic heterocycles. The van der Waals surface area contributed by atoms with Crippen LogP contribution in [0.25, 0.3) is 0 Å². The Labute approximate surface area is 162 Å². The molecule has 0 aliphatic heterocycles. The Hall–Kier alpha value is -2.19. The number of ether oxygens (including phenoxy) is 1. The van der Waals surface area contributed by atoms with Crippen LogP contribution in [0.2, 0.25) is 0 Å². The van der Waals surface area contributed by atoms with Crippen molar-refractivity contribution in [2.75, 3.05) is 6.61 Å². The second-order valence-electron chi connectivity index (χ2n) is 7.89. The topological polar surface area (TPSA) is 127 Å². The third-order valence-electron chi connectivity index (χ3n) is 6.14. The van der Waals surface area contributed by atoms with Crippen LogP contribution in [0.4, 0.5) is 0 Å². The quantitative estimate of drug-likeness (QED) is 0.497. The highest BCUT2D eigenvalue weighted by molar-refractivity contribution is 6.01. The van der Waals surface area contributed by atoms with E-state index in [0.29, 0.717) is 12.2 Å². The van der Waals surface area contributed by atoms with E-state index in [2.05, 4.69) is 0 Å². The number of aliphatic hydroxyl groups excluding tert-OH is 4. The summed E-state index contributed by atoms with van der Waals surface area (Å²) in [6, 6.07) is 3.13. The zero-order valence-electron chi connectivity index (χ0n) is 15.2. The number of phenols is 1. The van der Waals surface area contributed by atoms with Gasteiger partial charge in [-0.2, -0.15) is 0 Å². The van der Waals surface area contributed by atoms with Gasteiger partial charge in [-0.1, -0.05) is 12.2 Å². The first kappa shape index (κ1) is 19.1. The summed E-state index contributed by atoms with van der Waals surface area (Å²) in [7, 11) is 0. The average molecular weight is 388 g/mol. The van der Waals surface area contributed by atoms with Gasteiger partial charge < -0.3 is 30.3 Å². The summed E-state index contributed by atoms with van der Waals surface area (Å²) in [5, 5.41) is 50.1. The monoisotopic (exact) mass is 388 g/mol. The lowest BCUT2D eigenvalue weighted by atomic mass is 9.78. The van der Waals surface area contributed by atoms with Crippen LogP contribution in [0.5, 0.6) is 11.5 Å². The molecule has 7 heteroatoms. The highest BCUT2D eigenvalue weighted by Gasteiger charge is 2.45. The van der Waals surface area contributed by atoms with Crippen molar-refractivity contribution >= 4 is 5.78 Å². The van der Waals surface area contributed by atoms with E-state index in [9.17, 15) is 30.3 Å². The molecule has 5 atom stereocenters. The van der Waals surface area contributed by atoms with Gasteiger partial charge in [0.05, 0.1) is 6.10 Å². The lowest BCUT2D eigenvalue weighted by molar-refractivity contribution is -0.157. The third-order valence-corrected chi connectivity index (χ3v) is 6.14. The summed E-state index contributed by atoms with van der Waals surface area (Å²) >= 11 is 0. The number of rotatable bonds is 3. The van der Waals surface area contributed by atoms with E-state index in [-0.39, 0.29) is 24.6 Å². The van der Waals surface area contributed by atoms with Crippen molar-refractivity contribution in [2.45, 2.75) is 49.1 Å². The van der Waals surface area contributed by atoms with Gasteiger partial charge in [0.15, 0.2) is 5.78 Å². The molecule has 3 aliphatic carbocycles. The van der Waals surface area contributed by atoms with E-state index in [1.165, 1.54) is 18.2 Å². The first-order valence-electron chi connectivity index (χ1n) is 9.45. The van der Waals surface area contributed by atoms with Crippen molar-refractivity contribution < 1.29 is 35.1 Å². The number of aryl methyl sites for hydroxylation is 1. The zero-order valence-corrected chi connectivity index (χ0v) is 15.2. The number of ketones is 1. The largest absolute Gasteiger partial charge is 0.508 e. The standard InChI is InChI=1S/C21H24O7/c22-10-12-8-16(19(26)20(27)18(12)25)28-15-9-14(24)7-11-1-4-21(17(11)15)5-2-13(23)3-6-21/h2-3,5-7,9,12,16,18-20,22,24-27H,1,4,8,10H2/t12-,16-,18-,19+,20+/m1/s1. The fourth-order valence-corrected chi connectivity index (χ4v) is 4.59. The average Bonchev–Trinajstić information content (AvgIpc) is 3.03. The van der Waals surface area contributed by atoms with Crippen molar-refractivity contribution in [3.05, 3.63) is 47.6 Å². The van der Waals surface area contributed by atoms with Gasteiger partial charge in [0.1, 0.15) is 29.8 Å². The van der Waals surface area contributed by atoms with Gasteiger partial charge >= 0.3 is 0 Å². The normalized spacial score (nSPS) is 33.3. The molecule has 1 aromatic carbocycles. The maximum Gasteiger partial charge on any atom is 0.178 e. The minimum atomic E-state index is -1.44. The van der Waals surface area contributed by atoms with Crippen molar-refractivity contribution in [3.8, 4) is 11.5 Å². The summed E-state index contributed by atoms with van der Waals surface area (Å²) in [6.07, 6.45) is 3.37. The number of benzene rings is 1. The molecule has 0 unspecified atom stereocenters. The molecule has 3 aliphatic rings. The number of carbonyl (C=O) groups excluding carboxylic acids is 1. The van der Waals surface area contributed by atoms with Crippen LogP contribution in [-0.4, -0.2) is 62.3 Å². The molecule has 1 spiro atoms. The number of fused-ring (bicyclic) bond motifs is 2. The lowest BCUT2D eigenvalue weighted by Gasteiger charge is -2.40. The van der Waals surface area contributed by atoms with Gasteiger partial charge in [-0.15, -0.1) is 0 Å². The molecule has 150 valence electrons. The van der Waals surface area contributed by atoms with Gasteiger partial charge in [-0.25, -0.2) is 0 Å². The molecule has 0 amide bonds. The van der Waals surface area contributed by atoms with Crippen molar-refractivity contribution in [3.63, 3.8) is 0 Å². The zero-order chi connectivity index (χ0) is 20.1. The predicted molar refractivity (Wildman–Crippen MR) is 99.0 cm³/mol. The predicted octanol–water partition coefficient (Wildman–Crippen LogP) is 0.114. The lowest BCUT2D eigenvalue weighted by Crippen LogP contribution is -2.56. The van der Waals surface area contributed by atoms with Crippen LogP contribution in [0.15, 0.2) is 36.4 Å². The molecule has 4 rings (SSSR count). The second-order valence-corrected chi connectivity index (χ2v) is 7.89. The molecule has 1 saturated carbocycles. The molecule has 0 heterocycles. The van der Waals surface area contributed by atoms with Gasteiger partial charge in [0.2, 0.25) is 0 Å². The molecule has 1 fully saturated rings. The van der Waals surface area contributed by atoms with E-state index < -0.39 is 35.7 Å². The van der Waals surface area contributed by atoms with Crippen LogP contribution in [-0.2, 0) is 16.6 Å². The molecule has 1 aromatic rings. The highest BCUT2D eigenvalue weighted by atomic mass is 16.5. The molecule has 5 N–H and O–H groups in total. The molecule has 0 saturated heterocycles. The number of hydrogen-bond acceptors (Lipinski definition) is 7. The van der Waals surface area contributed by atoms with Crippen LogP contribution in [0.1, 0.15) is 24.0 Å². The van der Waals surface area contributed by atoms with Crippen LogP contribution in [0, 0.1) is 5.92 Å². The van der Waals surface area contributed by atoms with Gasteiger partial charge in [0, 0.05) is 29.6 Å². The number of hydrogen-bond donors (Lipinski definition) is 5. The fraction of sp³-hybridized carbons (Fsp3) is 0.476. The SMILES string of the molecule is O=C1C=CC2(C=C1)CCc1cc(O)cc(O[C@@H]3C[C@H](CO)[C@@H](O)[C@H](O)[C@H]3O)c12. The summed E-state index contributed by atoms with van der Waals surface area (Å²) in [5.74, 6) is -0.337. The van der Waals surface area contributed by atoms with E-state index in [1.54, 1.807) is 6.07 Å². The van der Waals surface area contributed by atoms with Gasteiger partial charge in [-0.05, 0) is 43.0 Å². The van der Waals surface area contributed by atoms with Crippen LogP contribution in [0.3, 0.4) is 0 Å². The summed E-state index contributed by atoms with van der Waals surface area (Å²) in [4.78, 5) is 11.6. The number of aromatic hydroxyl groups is 1.